The van der Waals surface area contributed by atoms with Gasteiger partial charge in [0.1, 0.15) is 0 Å². The van der Waals surface area contributed by atoms with Crippen LogP contribution in [0.3, 0.4) is 0 Å². The lowest BCUT2D eigenvalue weighted by Crippen LogP contribution is -2.27. The van der Waals surface area contributed by atoms with Gasteiger partial charge in [0.2, 0.25) is 0 Å². The molecule has 0 aliphatic carbocycles. The predicted octanol–water partition coefficient (Wildman–Crippen LogP) is 1.68. The summed E-state index contributed by atoms with van der Waals surface area (Å²) < 4.78 is 60.0. The van der Waals surface area contributed by atoms with Crippen molar-refractivity contribution in [2.24, 2.45) is 0 Å². The summed E-state index contributed by atoms with van der Waals surface area (Å²) in [5, 5.41) is 0.834. The number of nitrogens with zero attached hydrogens (tertiary/aromatic N) is 1. The first-order valence-electron chi connectivity index (χ1n) is 3.15. The molecule has 0 bridgehead atoms. The highest BCUT2D eigenvalue weighted by atomic mass is 32.2. The van der Waals surface area contributed by atoms with Crippen molar-refractivity contribution in [2.75, 3.05) is 0 Å². The monoisotopic (exact) mass is 247 g/mol. The highest BCUT2D eigenvalue weighted by Gasteiger charge is 2.49. The van der Waals surface area contributed by atoms with E-state index in [0.29, 0.717) is 17.0 Å². The maximum atomic E-state index is 11.8. The molecule has 0 N–H and O–H groups in total. The fraction of sp³-hybridized carbons (Fsp3) is 0.400. The van der Waals surface area contributed by atoms with Crippen molar-refractivity contribution in [1.29, 1.82) is 0 Å². The summed E-state index contributed by atoms with van der Waals surface area (Å²) in [7, 11) is -5.59. The van der Waals surface area contributed by atoms with Crippen molar-refractivity contribution in [3.8, 4) is 5.19 Å². The summed E-state index contributed by atoms with van der Waals surface area (Å²) in [4.78, 5) is 3.43. The number of hydrogen-bond donors (Lipinski definition) is 0. The zero-order chi connectivity index (χ0) is 11.0. The summed E-state index contributed by atoms with van der Waals surface area (Å²) in [6, 6.07) is 0. The molecule has 0 unspecified atom stereocenters. The van der Waals surface area contributed by atoms with Gasteiger partial charge in [-0.15, -0.1) is 0 Å². The Bertz CT molecular complexity index is 422. The van der Waals surface area contributed by atoms with E-state index < -0.39 is 20.8 Å². The van der Waals surface area contributed by atoms with E-state index in [2.05, 4.69) is 9.17 Å². The standard InChI is InChI=1S/C5H4F3NO3S2/c1-3-2-13-4(9-3)12-14(10,11)5(6,7)8/h2H,1H3. The van der Waals surface area contributed by atoms with Crippen LogP contribution < -0.4 is 4.18 Å². The molecule has 0 fully saturated rings. The highest BCUT2D eigenvalue weighted by molar-refractivity contribution is 7.88. The first kappa shape index (κ1) is 11.2. The van der Waals surface area contributed by atoms with E-state index in [-0.39, 0.29) is 0 Å². The number of rotatable bonds is 2. The van der Waals surface area contributed by atoms with Crippen LogP contribution in [0.2, 0.25) is 0 Å². The van der Waals surface area contributed by atoms with E-state index in [9.17, 15) is 21.6 Å². The molecule has 1 aromatic rings. The summed E-state index contributed by atoms with van der Waals surface area (Å²) in [6.45, 7) is 1.50. The fourth-order valence-electron chi connectivity index (χ4n) is 0.512. The van der Waals surface area contributed by atoms with Gasteiger partial charge in [0, 0.05) is 5.38 Å². The molecule has 4 nitrogen and oxygen atoms in total. The molecular weight excluding hydrogens is 243 g/mol. The van der Waals surface area contributed by atoms with Crippen molar-refractivity contribution in [2.45, 2.75) is 12.4 Å². The molecule has 0 spiro atoms. The SMILES string of the molecule is Cc1csc(OS(=O)(=O)C(F)(F)F)n1. The van der Waals surface area contributed by atoms with Gasteiger partial charge in [-0.3, -0.25) is 0 Å². The zero-order valence-electron chi connectivity index (χ0n) is 6.70. The Morgan fingerprint density at radius 1 is 1.50 bits per heavy atom. The number of hydrogen-bond acceptors (Lipinski definition) is 5. The van der Waals surface area contributed by atoms with Crippen LogP contribution in [0.4, 0.5) is 13.2 Å². The van der Waals surface area contributed by atoms with E-state index in [0.717, 1.165) is 0 Å². The minimum atomic E-state index is -5.59. The Kier molecular flexibility index (Phi) is 2.72. The first-order valence-corrected chi connectivity index (χ1v) is 5.44. The van der Waals surface area contributed by atoms with Crippen molar-refractivity contribution in [3.05, 3.63) is 11.1 Å². The second-order valence-corrected chi connectivity index (χ2v) is 4.60. The van der Waals surface area contributed by atoms with E-state index >= 15 is 0 Å². The van der Waals surface area contributed by atoms with Gasteiger partial charge in [-0.2, -0.15) is 21.6 Å². The van der Waals surface area contributed by atoms with Crippen LogP contribution >= 0.6 is 11.3 Å². The van der Waals surface area contributed by atoms with Crippen LogP contribution in [0.15, 0.2) is 5.38 Å². The van der Waals surface area contributed by atoms with Crippen molar-refractivity contribution in [1.82, 2.24) is 4.98 Å². The van der Waals surface area contributed by atoms with Gasteiger partial charge in [0.15, 0.2) is 0 Å². The van der Waals surface area contributed by atoms with Crippen molar-refractivity contribution in [3.63, 3.8) is 0 Å². The Morgan fingerprint density at radius 2 is 2.07 bits per heavy atom. The average molecular weight is 247 g/mol. The third-order valence-electron chi connectivity index (χ3n) is 1.06. The van der Waals surface area contributed by atoms with Crippen LogP contribution in [-0.2, 0) is 10.1 Å². The van der Waals surface area contributed by atoms with E-state index in [1.165, 1.54) is 12.3 Å². The molecule has 0 atom stereocenters. The Morgan fingerprint density at radius 3 is 2.43 bits per heavy atom. The molecule has 1 heterocycles. The van der Waals surface area contributed by atoms with E-state index in [1.807, 2.05) is 0 Å². The fourth-order valence-corrected chi connectivity index (χ4v) is 1.78. The highest BCUT2D eigenvalue weighted by Crippen LogP contribution is 2.28. The quantitative estimate of drug-likeness (QED) is 0.589. The number of thiazole rings is 1. The van der Waals surface area contributed by atoms with Gasteiger partial charge < -0.3 is 4.18 Å². The number of alkyl halides is 3. The Hall–Kier alpha value is -0.830. The summed E-state index contributed by atoms with van der Waals surface area (Å²) in [5.74, 6) is 0. The number of aromatic nitrogens is 1. The van der Waals surface area contributed by atoms with Crippen molar-refractivity contribution >= 4 is 21.5 Å². The maximum absolute atomic E-state index is 11.8. The lowest BCUT2D eigenvalue weighted by molar-refractivity contribution is -0.0500. The minimum Gasteiger partial charge on any atom is -0.345 e. The van der Waals surface area contributed by atoms with Crippen molar-refractivity contribution < 1.29 is 25.8 Å². The van der Waals surface area contributed by atoms with Crippen LogP contribution in [0.1, 0.15) is 5.69 Å². The molecule has 0 saturated carbocycles. The molecular formula is C5H4F3NO3S2. The molecule has 1 aromatic heterocycles. The normalized spacial score (nSPS) is 12.9. The molecule has 14 heavy (non-hydrogen) atoms. The second kappa shape index (κ2) is 3.39. The predicted molar refractivity (Wildman–Crippen MR) is 42.5 cm³/mol. The van der Waals surface area contributed by atoms with Crippen LogP contribution in [0.25, 0.3) is 0 Å². The van der Waals surface area contributed by atoms with E-state index in [1.54, 1.807) is 0 Å². The van der Waals surface area contributed by atoms with Gasteiger partial charge >= 0.3 is 15.6 Å². The molecule has 0 aromatic carbocycles. The van der Waals surface area contributed by atoms with Crippen LogP contribution in [0, 0.1) is 6.92 Å². The molecule has 0 amide bonds. The van der Waals surface area contributed by atoms with E-state index in [4.69, 9.17) is 0 Å². The smallest absolute Gasteiger partial charge is 0.345 e. The lowest BCUT2D eigenvalue weighted by atomic mass is 10.6. The second-order valence-electron chi connectivity index (χ2n) is 2.24. The third kappa shape index (κ3) is 2.35. The largest absolute Gasteiger partial charge is 0.534 e. The molecule has 0 aliphatic heterocycles. The first-order chi connectivity index (χ1) is 6.22. The summed E-state index contributed by atoms with van der Waals surface area (Å²) in [6.07, 6.45) is 0. The topological polar surface area (TPSA) is 56.3 Å². The summed E-state index contributed by atoms with van der Waals surface area (Å²) >= 11 is 0.680. The van der Waals surface area contributed by atoms with Gasteiger partial charge in [-0.1, -0.05) is 11.3 Å². The van der Waals surface area contributed by atoms with Crippen LogP contribution in [-0.4, -0.2) is 18.9 Å². The van der Waals surface area contributed by atoms with Gasteiger partial charge in [0.25, 0.3) is 5.19 Å². The molecule has 0 radical (unpaired) electrons. The van der Waals surface area contributed by atoms with Gasteiger partial charge in [0.05, 0.1) is 5.69 Å². The molecule has 0 saturated heterocycles. The number of aryl methyl sites for hydroxylation is 1. The molecule has 0 aliphatic rings. The summed E-state index contributed by atoms with van der Waals surface area (Å²) in [5.41, 5.74) is -5.03. The Labute approximate surface area is 81.5 Å². The number of halogens is 3. The average Bonchev–Trinajstić information content (AvgIpc) is 2.31. The maximum Gasteiger partial charge on any atom is 0.534 e. The van der Waals surface area contributed by atoms with Gasteiger partial charge in [-0.05, 0) is 6.92 Å². The van der Waals surface area contributed by atoms with Crippen LogP contribution in [0.5, 0.6) is 5.19 Å². The lowest BCUT2D eigenvalue weighted by Gasteiger charge is -2.05. The molecule has 80 valence electrons. The third-order valence-corrected chi connectivity index (χ3v) is 2.95. The van der Waals surface area contributed by atoms with Gasteiger partial charge in [-0.25, -0.2) is 4.98 Å². The molecule has 1 rings (SSSR count). The zero-order valence-corrected chi connectivity index (χ0v) is 8.33. The minimum absolute atomic E-state index is 0.391. The molecule has 9 heteroatoms. The Balaban J connectivity index is 2.90.